The lowest BCUT2D eigenvalue weighted by molar-refractivity contribution is -0.133. The van der Waals surface area contributed by atoms with Crippen LogP contribution in [-0.2, 0) is 29.5 Å². The molecule has 1 aromatic heterocycles. The minimum Gasteiger partial charge on any atom is -0.352 e. The molecule has 18 heavy (non-hydrogen) atoms. The van der Waals surface area contributed by atoms with E-state index in [2.05, 4.69) is 23.5 Å². The highest BCUT2D eigenvalue weighted by Crippen LogP contribution is 2.06. The highest BCUT2D eigenvalue weighted by Gasteiger charge is 2.09. The van der Waals surface area contributed by atoms with E-state index in [1.807, 2.05) is 25.6 Å². The smallest absolute Gasteiger partial charge is 0.169 e. The fourth-order valence-electron chi connectivity index (χ4n) is 1.89. The second-order valence-corrected chi connectivity index (χ2v) is 4.10. The molecule has 0 aliphatic heterocycles. The fraction of sp³-hybridized carbons (Fsp3) is 0.769. The second kappa shape index (κ2) is 8.24. The van der Waals surface area contributed by atoms with Crippen molar-refractivity contribution in [2.45, 2.75) is 40.0 Å². The number of hydrogen-bond acceptors (Lipinski definition) is 4. The summed E-state index contributed by atoms with van der Waals surface area (Å²) < 4.78 is 12.8. The lowest BCUT2D eigenvalue weighted by Crippen LogP contribution is -2.31. The van der Waals surface area contributed by atoms with Gasteiger partial charge in [0.2, 0.25) is 0 Å². The molecule has 0 unspecified atom stereocenters. The monoisotopic (exact) mass is 255 g/mol. The Morgan fingerprint density at radius 2 is 1.94 bits per heavy atom. The maximum absolute atomic E-state index is 5.48. The Balaban J connectivity index is 2.39. The van der Waals surface area contributed by atoms with Crippen molar-refractivity contribution in [3.05, 3.63) is 17.5 Å². The number of nitrogens with zero attached hydrogens (tertiary/aromatic N) is 2. The summed E-state index contributed by atoms with van der Waals surface area (Å²) in [6.45, 7) is 8.89. The lowest BCUT2D eigenvalue weighted by atomic mass is 10.2. The average Bonchev–Trinajstić information content (AvgIpc) is 2.70. The molecule has 0 radical (unpaired) electrons. The van der Waals surface area contributed by atoms with Crippen LogP contribution >= 0.6 is 0 Å². The van der Waals surface area contributed by atoms with E-state index in [0.29, 0.717) is 19.8 Å². The first-order valence-electron chi connectivity index (χ1n) is 6.66. The van der Waals surface area contributed by atoms with E-state index in [0.717, 1.165) is 18.7 Å². The molecule has 0 aliphatic carbocycles. The molecule has 0 saturated heterocycles. The van der Waals surface area contributed by atoms with E-state index >= 15 is 0 Å². The summed E-state index contributed by atoms with van der Waals surface area (Å²) in [7, 11) is 1.95. The molecule has 5 nitrogen and oxygen atoms in total. The first kappa shape index (κ1) is 15.1. The van der Waals surface area contributed by atoms with Gasteiger partial charge in [-0.15, -0.1) is 0 Å². The van der Waals surface area contributed by atoms with Crippen LogP contribution in [-0.4, -0.2) is 35.8 Å². The minimum absolute atomic E-state index is 0.165. The Hall–Kier alpha value is -0.910. The van der Waals surface area contributed by atoms with Gasteiger partial charge in [-0.1, -0.05) is 6.92 Å². The standard InChI is InChI=1S/C13H25N3O2/c1-5-12-11(10-16(4)15-12)8-14-9-13(17-6-2)18-7-3/h10,13-14H,5-9H2,1-4H3. The van der Waals surface area contributed by atoms with Gasteiger partial charge < -0.3 is 14.8 Å². The Morgan fingerprint density at radius 3 is 2.50 bits per heavy atom. The van der Waals surface area contributed by atoms with Gasteiger partial charge in [0.1, 0.15) is 0 Å². The second-order valence-electron chi connectivity index (χ2n) is 4.10. The predicted molar refractivity (Wildman–Crippen MR) is 71.3 cm³/mol. The summed E-state index contributed by atoms with van der Waals surface area (Å²) in [4.78, 5) is 0. The molecular formula is C13H25N3O2. The van der Waals surface area contributed by atoms with E-state index in [-0.39, 0.29) is 6.29 Å². The lowest BCUT2D eigenvalue weighted by Gasteiger charge is -2.17. The van der Waals surface area contributed by atoms with Crippen LogP contribution in [0.5, 0.6) is 0 Å². The van der Waals surface area contributed by atoms with E-state index in [4.69, 9.17) is 9.47 Å². The van der Waals surface area contributed by atoms with Crippen molar-refractivity contribution < 1.29 is 9.47 Å². The van der Waals surface area contributed by atoms with Gasteiger partial charge in [0, 0.05) is 45.1 Å². The zero-order valence-corrected chi connectivity index (χ0v) is 11.9. The molecule has 0 aliphatic rings. The normalized spacial score (nSPS) is 11.4. The Labute approximate surface area is 109 Å². The highest BCUT2D eigenvalue weighted by atomic mass is 16.7. The summed E-state index contributed by atoms with van der Waals surface area (Å²) in [5, 5.41) is 7.77. The van der Waals surface area contributed by atoms with Crippen LogP contribution in [0.2, 0.25) is 0 Å². The van der Waals surface area contributed by atoms with Crippen molar-refractivity contribution in [1.82, 2.24) is 15.1 Å². The maximum atomic E-state index is 5.48. The molecule has 0 atom stereocenters. The summed E-state index contributed by atoms with van der Waals surface area (Å²) in [5.41, 5.74) is 2.39. The van der Waals surface area contributed by atoms with Crippen LogP contribution in [0.25, 0.3) is 0 Å². The van der Waals surface area contributed by atoms with Crippen molar-refractivity contribution in [1.29, 1.82) is 0 Å². The molecule has 104 valence electrons. The first-order chi connectivity index (χ1) is 8.71. The predicted octanol–water partition coefficient (Wildman–Crippen LogP) is 1.47. The van der Waals surface area contributed by atoms with E-state index in [9.17, 15) is 0 Å². The molecule has 1 N–H and O–H groups in total. The van der Waals surface area contributed by atoms with E-state index in [1.54, 1.807) is 0 Å². The summed E-state index contributed by atoms with van der Waals surface area (Å²) in [6.07, 6.45) is 2.85. The molecule has 0 bridgehead atoms. The zero-order valence-electron chi connectivity index (χ0n) is 11.9. The van der Waals surface area contributed by atoms with Gasteiger partial charge in [0.15, 0.2) is 6.29 Å². The minimum atomic E-state index is -0.165. The van der Waals surface area contributed by atoms with Gasteiger partial charge in [0.05, 0.1) is 5.69 Å². The molecule has 5 heteroatoms. The quantitative estimate of drug-likeness (QED) is 0.679. The molecule has 0 amide bonds. The number of aromatic nitrogens is 2. The molecule has 1 rings (SSSR count). The fourth-order valence-corrected chi connectivity index (χ4v) is 1.89. The SMILES string of the molecule is CCOC(CNCc1cn(C)nc1CC)OCC. The van der Waals surface area contributed by atoms with Crippen molar-refractivity contribution in [3.8, 4) is 0 Å². The highest BCUT2D eigenvalue weighted by molar-refractivity contribution is 5.16. The topological polar surface area (TPSA) is 48.3 Å². The third kappa shape index (κ3) is 4.76. The summed E-state index contributed by atoms with van der Waals surface area (Å²) in [6, 6.07) is 0. The van der Waals surface area contributed by atoms with Crippen molar-refractivity contribution in [2.75, 3.05) is 19.8 Å². The Kier molecular flexibility index (Phi) is 6.93. The number of ether oxygens (including phenoxy) is 2. The summed E-state index contributed by atoms with van der Waals surface area (Å²) >= 11 is 0. The third-order valence-electron chi connectivity index (χ3n) is 2.66. The van der Waals surface area contributed by atoms with E-state index < -0.39 is 0 Å². The molecule has 0 aromatic carbocycles. The molecule has 0 fully saturated rings. The van der Waals surface area contributed by atoms with Gasteiger partial charge in [-0.2, -0.15) is 5.10 Å². The van der Waals surface area contributed by atoms with Gasteiger partial charge in [-0.3, -0.25) is 4.68 Å². The van der Waals surface area contributed by atoms with Crippen molar-refractivity contribution in [3.63, 3.8) is 0 Å². The average molecular weight is 255 g/mol. The van der Waals surface area contributed by atoms with Crippen LogP contribution in [0.4, 0.5) is 0 Å². The molecule has 0 spiro atoms. The van der Waals surface area contributed by atoms with Crippen LogP contribution in [0.15, 0.2) is 6.20 Å². The first-order valence-corrected chi connectivity index (χ1v) is 6.66. The Morgan fingerprint density at radius 1 is 1.28 bits per heavy atom. The molecule has 0 saturated carbocycles. The largest absolute Gasteiger partial charge is 0.352 e. The van der Waals surface area contributed by atoms with Crippen LogP contribution < -0.4 is 5.32 Å². The zero-order chi connectivity index (χ0) is 13.4. The van der Waals surface area contributed by atoms with Gasteiger partial charge in [0.25, 0.3) is 0 Å². The number of nitrogens with one attached hydrogen (secondary N) is 1. The number of aryl methyl sites for hydroxylation is 2. The number of rotatable bonds is 9. The molecule has 1 aromatic rings. The Bertz CT molecular complexity index is 333. The van der Waals surface area contributed by atoms with Gasteiger partial charge >= 0.3 is 0 Å². The third-order valence-corrected chi connectivity index (χ3v) is 2.66. The summed E-state index contributed by atoms with van der Waals surface area (Å²) in [5.74, 6) is 0. The number of hydrogen-bond donors (Lipinski definition) is 1. The molecule has 1 heterocycles. The van der Waals surface area contributed by atoms with Crippen LogP contribution in [0.3, 0.4) is 0 Å². The van der Waals surface area contributed by atoms with Gasteiger partial charge in [-0.05, 0) is 20.3 Å². The maximum Gasteiger partial charge on any atom is 0.169 e. The van der Waals surface area contributed by atoms with E-state index in [1.165, 1.54) is 5.56 Å². The van der Waals surface area contributed by atoms with Crippen LogP contribution in [0, 0.1) is 0 Å². The molecular weight excluding hydrogens is 230 g/mol. The van der Waals surface area contributed by atoms with Crippen LogP contribution in [0.1, 0.15) is 32.0 Å². The van der Waals surface area contributed by atoms with Gasteiger partial charge in [-0.25, -0.2) is 0 Å². The van der Waals surface area contributed by atoms with Crippen molar-refractivity contribution in [2.24, 2.45) is 7.05 Å². The van der Waals surface area contributed by atoms with Crippen molar-refractivity contribution >= 4 is 0 Å².